The van der Waals surface area contributed by atoms with Gasteiger partial charge in [-0.15, -0.1) is 0 Å². The molecule has 2 N–H and O–H groups in total. The molecule has 4 rings (SSSR count). The molecule has 3 atom stereocenters. The van der Waals surface area contributed by atoms with E-state index < -0.39 is 10.3 Å². The lowest BCUT2D eigenvalue weighted by Gasteiger charge is -2.44. The topological polar surface area (TPSA) is 92.5 Å². The first kappa shape index (κ1) is 20.6. The van der Waals surface area contributed by atoms with E-state index in [1.54, 1.807) is 0 Å². The molecular weight excluding hydrogens is 392 g/mol. The van der Waals surface area contributed by atoms with Gasteiger partial charge in [0.15, 0.2) is 0 Å². The SMILES string of the molecule is CC1CC(C)(C(=O)Nc2ccc([N+](=O)[O-])cc2O)C(c2ccccc2)c2ccccc21. The van der Waals surface area contributed by atoms with Crippen LogP contribution in [0.15, 0.2) is 72.8 Å². The number of nitrogens with one attached hydrogen (secondary N) is 1. The third kappa shape index (κ3) is 3.65. The van der Waals surface area contributed by atoms with Crippen LogP contribution in [0.2, 0.25) is 0 Å². The number of aromatic hydroxyl groups is 1. The Labute approximate surface area is 180 Å². The summed E-state index contributed by atoms with van der Waals surface area (Å²) < 4.78 is 0. The molecule has 3 aromatic rings. The van der Waals surface area contributed by atoms with Gasteiger partial charge in [-0.05, 0) is 42.0 Å². The molecular formula is C25H24N2O4. The molecule has 0 spiro atoms. The fourth-order valence-corrected chi connectivity index (χ4v) is 4.85. The number of rotatable bonds is 4. The molecule has 0 heterocycles. The molecule has 1 aliphatic rings. The Morgan fingerprint density at radius 3 is 2.35 bits per heavy atom. The van der Waals surface area contributed by atoms with Crippen LogP contribution in [0.1, 0.15) is 48.8 Å². The maximum Gasteiger partial charge on any atom is 0.273 e. The molecule has 6 nitrogen and oxygen atoms in total. The van der Waals surface area contributed by atoms with E-state index >= 15 is 0 Å². The number of carbonyl (C=O) groups is 1. The summed E-state index contributed by atoms with van der Waals surface area (Å²) in [6, 6.07) is 21.9. The highest BCUT2D eigenvalue weighted by molar-refractivity contribution is 5.98. The van der Waals surface area contributed by atoms with Crippen LogP contribution < -0.4 is 5.32 Å². The molecule has 0 saturated heterocycles. The number of hydrogen-bond acceptors (Lipinski definition) is 4. The number of fused-ring (bicyclic) bond motifs is 1. The summed E-state index contributed by atoms with van der Waals surface area (Å²) in [6.45, 7) is 4.07. The second kappa shape index (κ2) is 7.87. The van der Waals surface area contributed by atoms with E-state index in [1.807, 2.05) is 49.4 Å². The number of phenolic OH excluding ortho intramolecular Hbond substituents is 1. The maximum absolute atomic E-state index is 13.6. The monoisotopic (exact) mass is 416 g/mol. The van der Waals surface area contributed by atoms with Crippen LogP contribution in [0.3, 0.4) is 0 Å². The minimum Gasteiger partial charge on any atom is -0.506 e. The average Bonchev–Trinajstić information content (AvgIpc) is 2.75. The van der Waals surface area contributed by atoms with Gasteiger partial charge in [-0.25, -0.2) is 0 Å². The Morgan fingerprint density at radius 2 is 1.71 bits per heavy atom. The van der Waals surface area contributed by atoms with E-state index in [4.69, 9.17) is 0 Å². The largest absolute Gasteiger partial charge is 0.506 e. The molecule has 3 unspecified atom stereocenters. The first-order valence-electron chi connectivity index (χ1n) is 10.2. The van der Waals surface area contributed by atoms with Crippen molar-refractivity contribution in [1.29, 1.82) is 0 Å². The molecule has 6 heteroatoms. The minimum absolute atomic E-state index is 0.162. The van der Waals surface area contributed by atoms with Crippen molar-refractivity contribution in [3.05, 3.63) is 99.6 Å². The fraction of sp³-hybridized carbons (Fsp3) is 0.240. The number of non-ortho nitro benzene ring substituents is 1. The highest BCUT2D eigenvalue weighted by atomic mass is 16.6. The molecule has 31 heavy (non-hydrogen) atoms. The summed E-state index contributed by atoms with van der Waals surface area (Å²) >= 11 is 0. The molecule has 0 saturated carbocycles. The third-order valence-corrected chi connectivity index (χ3v) is 6.30. The second-order valence-corrected chi connectivity index (χ2v) is 8.41. The third-order valence-electron chi connectivity index (χ3n) is 6.30. The molecule has 158 valence electrons. The highest BCUT2D eigenvalue weighted by Crippen LogP contribution is 2.53. The maximum atomic E-state index is 13.6. The van der Waals surface area contributed by atoms with Crippen molar-refractivity contribution in [3.63, 3.8) is 0 Å². The van der Waals surface area contributed by atoms with Crippen molar-refractivity contribution >= 4 is 17.3 Å². The fourth-order valence-electron chi connectivity index (χ4n) is 4.85. The van der Waals surface area contributed by atoms with Crippen molar-refractivity contribution in [2.45, 2.75) is 32.1 Å². The molecule has 1 amide bonds. The Morgan fingerprint density at radius 1 is 1.06 bits per heavy atom. The first-order valence-corrected chi connectivity index (χ1v) is 10.2. The van der Waals surface area contributed by atoms with E-state index in [0.29, 0.717) is 6.42 Å². The van der Waals surface area contributed by atoms with Gasteiger partial charge >= 0.3 is 0 Å². The van der Waals surface area contributed by atoms with E-state index in [0.717, 1.165) is 17.2 Å². The number of nitro groups is 1. The number of carbonyl (C=O) groups excluding carboxylic acids is 1. The molecule has 0 aliphatic heterocycles. The summed E-state index contributed by atoms with van der Waals surface area (Å²) in [6.07, 6.45) is 0.628. The van der Waals surface area contributed by atoms with Crippen LogP contribution >= 0.6 is 0 Å². The van der Waals surface area contributed by atoms with Gasteiger partial charge in [-0.3, -0.25) is 14.9 Å². The second-order valence-electron chi connectivity index (χ2n) is 8.41. The predicted molar refractivity (Wildman–Crippen MR) is 119 cm³/mol. The van der Waals surface area contributed by atoms with Gasteiger partial charge in [-0.2, -0.15) is 0 Å². The van der Waals surface area contributed by atoms with Crippen molar-refractivity contribution in [2.75, 3.05) is 5.32 Å². The first-order chi connectivity index (χ1) is 14.8. The number of hydrogen-bond donors (Lipinski definition) is 2. The molecule has 0 radical (unpaired) electrons. The molecule has 0 fully saturated rings. The molecule has 1 aliphatic carbocycles. The minimum atomic E-state index is -0.788. The smallest absolute Gasteiger partial charge is 0.273 e. The van der Waals surface area contributed by atoms with Crippen molar-refractivity contribution < 1.29 is 14.8 Å². The zero-order chi connectivity index (χ0) is 22.2. The van der Waals surface area contributed by atoms with Crippen LogP contribution in [-0.4, -0.2) is 15.9 Å². The zero-order valence-electron chi connectivity index (χ0n) is 17.4. The number of benzene rings is 3. The Kier molecular flexibility index (Phi) is 5.23. The summed E-state index contributed by atoms with van der Waals surface area (Å²) in [7, 11) is 0. The van der Waals surface area contributed by atoms with Gasteiger partial charge in [0.1, 0.15) is 5.75 Å². The standard InChI is InChI=1S/C25H24N2O4/c1-16-15-25(2,24(29)26-21-13-12-18(27(30)31)14-22(21)28)23(17-8-4-3-5-9-17)20-11-7-6-10-19(16)20/h3-14,16,23,28H,15H2,1-2H3,(H,26,29). The van der Waals surface area contributed by atoms with Gasteiger partial charge in [0.05, 0.1) is 22.1 Å². The van der Waals surface area contributed by atoms with Crippen LogP contribution in [0.5, 0.6) is 5.75 Å². The van der Waals surface area contributed by atoms with Crippen molar-refractivity contribution in [1.82, 2.24) is 0 Å². The lowest BCUT2D eigenvalue weighted by Crippen LogP contribution is -2.43. The number of nitro benzene ring substituents is 1. The van der Waals surface area contributed by atoms with Crippen LogP contribution in [-0.2, 0) is 4.79 Å². The number of nitrogens with zero attached hydrogens (tertiary/aromatic N) is 1. The van der Waals surface area contributed by atoms with E-state index in [2.05, 4.69) is 24.4 Å². The highest BCUT2D eigenvalue weighted by Gasteiger charge is 2.48. The predicted octanol–water partition coefficient (Wildman–Crippen LogP) is 5.58. The van der Waals surface area contributed by atoms with Crippen LogP contribution in [0.25, 0.3) is 0 Å². The van der Waals surface area contributed by atoms with Gasteiger partial charge in [0.25, 0.3) is 5.69 Å². The number of anilines is 1. The number of amides is 1. The lowest BCUT2D eigenvalue weighted by atomic mass is 9.59. The lowest BCUT2D eigenvalue weighted by molar-refractivity contribution is -0.384. The van der Waals surface area contributed by atoms with Crippen LogP contribution in [0, 0.1) is 15.5 Å². The Bertz CT molecular complexity index is 1150. The zero-order valence-corrected chi connectivity index (χ0v) is 17.4. The summed E-state index contributed by atoms with van der Waals surface area (Å²) in [5.41, 5.74) is 2.55. The quantitative estimate of drug-likeness (QED) is 0.330. The Balaban J connectivity index is 1.76. The molecule has 0 bridgehead atoms. The van der Waals surface area contributed by atoms with Crippen molar-refractivity contribution in [2.24, 2.45) is 5.41 Å². The summed E-state index contributed by atoms with van der Waals surface area (Å²) in [4.78, 5) is 24.0. The molecule has 3 aromatic carbocycles. The number of phenols is 1. The van der Waals surface area contributed by atoms with Crippen LogP contribution in [0.4, 0.5) is 11.4 Å². The van der Waals surface area contributed by atoms with Gasteiger partial charge < -0.3 is 10.4 Å². The van der Waals surface area contributed by atoms with Gasteiger partial charge in [0, 0.05) is 12.0 Å². The van der Waals surface area contributed by atoms with Gasteiger partial charge in [0.2, 0.25) is 5.91 Å². The van der Waals surface area contributed by atoms with Crippen molar-refractivity contribution in [3.8, 4) is 5.75 Å². The van der Waals surface area contributed by atoms with E-state index in [-0.39, 0.29) is 34.9 Å². The normalized spacial score (nSPS) is 22.4. The van der Waals surface area contributed by atoms with E-state index in [1.165, 1.54) is 17.7 Å². The summed E-state index contributed by atoms with van der Waals surface area (Å²) in [5.74, 6) is -0.544. The Hall–Kier alpha value is -3.67. The molecule has 0 aromatic heterocycles. The van der Waals surface area contributed by atoms with Gasteiger partial charge in [-0.1, -0.05) is 61.5 Å². The van der Waals surface area contributed by atoms with E-state index in [9.17, 15) is 20.0 Å². The average molecular weight is 416 g/mol. The summed E-state index contributed by atoms with van der Waals surface area (Å²) in [5, 5.41) is 24.0.